The first-order chi connectivity index (χ1) is 11.2. The molecule has 2 aromatic carbocycles. The fraction of sp³-hybridized carbons (Fsp3) is 0.0526. The van der Waals surface area contributed by atoms with Gasteiger partial charge >= 0.3 is 0 Å². The third kappa shape index (κ3) is 4.21. The molecule has 0 amide bonds. The van der Waals surface area contributed by atoms with E-state index in [0.29, 0.717) is 22.9 Å². The summed E-state index contributed by atoms with van der Waals surface area (Å²) in [6.45, 7) is 0. The van der Waals surface area contributed by atoms with Crippen LogP contribution in [0, 0.1) is 11.8 Å². The summed E-state index contributed by atoms with van der Waals surface area (Å²) in [5, 5.41) is 0. The number of nitrogens with two attached hydrogens (primary N) is 1. The van der Waals surface area contributed by atoms with Gasteiger partial charge in [-0.3, -0.25) is 0 Å². The standard InChI is InChI=1S/C19H16BNO2/c20-14-3-1-4-16(10-7-14)22-18-5-2-6-19(13-18)23-17-11-8-15(21)9-12-17/h2,5-13H,3,20-21H2. The third-order valence-electron chi connectivity index (χ3n) is 3.25. The van der Waals surface area contributed by atoms with Crippen LogP contribution in [0.25, 0.3) is 0 Å². The van der Waals surface area contributed by atoms with Crippen LogP contribution in [0.1, 0.15) is 6.42 Å². The van der Waals surface area contributed by atoms with Crippen LogP contribution in [0.2, 0.25) is 0 Å². The monoisotopic (exact) mass is 301 g/mol. The molecule has 2 N–H and O–H groups in total. The lowest BCUT2D eigenvalue weighted by atomic mass is 9.93. The second kappa shape index (κ2) is 6.80. The SMILES string of the molecule is BC1=CC=C(Oc2cccc(Oc3ccc(N)cc3)c2)C#CC1. The van der Waals surface area contributed by atoms with Crippen molar-refractivity contribution in [2.75, 3.05) is 5.73 Å². The minimum Gasteiger partial charge on any atom is -0.457 e. The zero-order valence-electron chi connectivity index (χ0n) is 12.9. The molecule has 23 heavy (non-hydrogen) atoms. The van der Waals surface area contributed by atoms with Crippen LogP contribution >= 0.6 is 0 Å². The molecule has 4 heteroatoms. The topological polar surface area (TPSA) is 44.5 Å². The Bertz CT molecular complexity index is 826. The van der Waals surface area contributed by atoms with Crippen LogP contribution in [0.3, 0.4) is 0 Å². The van der Waals surface area contributed by atoms with Crippen molar-refractivity contribution >= 4 is 13.5 Å². The van der Waals surface area contributed by atoms with E-state index >= 15 is 0 Å². The van der Waals surface area contributed by atoms with E-state index in [9.17, 15) is 0 Å². The number of rotatable bonds is 4. The van der Waals surface area contributed by atoms with Crippen molar-refractivity contribution < 1.29 is 9.47 Å². The lowest BCUT2D eigenvalue weighted by molar-refractivity contribution is 0.439. The molecule has 0 unspecified atom stereocenters. The number of benzene rings is 2. The van der Waals surface area contributed by atoms with Gasteiger partial charge in [0.2, 0.25) is 0 Å². The Labute approximate surface area is 136 Å². The van der Waals surface area contributed by atoms with Gasteiger partial charge in [-0.15, -0.1) is 0 Å². The van der Waals surface area contributed by atoms with E-state index in [1.807, 2.05) is 48.6 Å². The summed E-state index contributed by atoms with van der Waals surface area (Å²) in [4.78, 5) is 0. The molecule has 3 nitrogen and oxygen atoms in total. The molecule has 0 radical (unpaired) electrons. The van der Waals surface area contributed by atoms with Gasteiger partial charge in [-0.2, -0.15) is 0 Å². The highest BCUT2D eigenvalue weighted by atomic mass is 16.5. The molecule has 2 aromatic rings. The average molecular weight is 301 g/mol. The van der Waals surface area contributed by atoms with Crippen LogP contribution in [0.15, 0.2) is 71.9 Å². The summed E-state index contributed by atoms with van der Waals surface area (Å²) < 4.78 is 11.6. The smallest absolute Gasteiger partial charge is 0.177 e. The van der Waals surface area contributed by atoms with E-state index in [0.717, 1.165) is 12.2 Å². The van der Waals surface area contributed by atoms with Crippen molar-refractivity contribution in [2.24, 2.45) is 0 Å². The lowest BCUT2D eigenvalue weighted by Crippen LogP contribution is -1.93. The number of ether oxygens (including phenoxy) is 2. The summed E-state index contributed by atoms with van der Waals surface area (Å²) in [6, 6.07) is 14.7. The molecule has 0 spiro atoms. The van der Waals surface area contributed by atoms with Crippen LogP contribution in [0.4, 0.5) is 5.69 Å². The van der Waals surface area contributed by atoms with Crippen LogP contribution in [-0.4, -0.2) is 7.85 Å². The summed E-state index contributed by atoms with van der Waals surface area (Å²) >= 11 is 0. The molecule has 0 saturated carbocycles. The van der Waals surface area contributed by atoms with Crippen molar-refractivity contribution in [1.82, 2.24) is 0 Å². The van der Waals surface area contributed by atoms with E-state index in [-0.39, 0.29) is 0 Å². The zero-order valence-corrected chi connectivity index (χ0v) is 12.9. The van der Waals surface area contributed by atoms with Gasteiger partial charge in [0, 0.05) is 18.2 Å². The van der Waals surface area contributed by atoms with Crippen molar-refractivity contribution in [3.05, 3.63) is 71.9 Å². The van der Waals surface area contributed by atoms with E-state index in [2.05, 4.69) is 19.7 Å². The normalized spacial score (nSPS) is 13.0. The van der Waals surface area contributed by atoms with Crippen molar-refractivity contribution in [3.63, 3.8) is 0 Å². The van der Waals surface area contributed by atoms with Gasteiger partial charge in [0.1, 0.15) is 25.1 Å². The Morgan fingerprint density at radius 2 is 1.65 bits per heavy atom. The van der Waals surface area contributed by atoms with E-state index in [1.54, 1.807) is 12.1 Å². The molecule has 0 aliphatic heterocycles. The Kier molecular flexibility index (Phi) is 4.40. The second-order valence-corrected chi connectivity index (χ2v) is 5.27. The molecular weight excluding hydrogens is 285 g/mol. The predicted octanol–water partition coefficient (Wildman–Crippen LogP) is 3.25. The largest absolute Gasteiger partial charge is 0.457 e. The molecule has 0 fully saturated rings. The predicted molar refractivity (Wildman–Crippen MR) is 95.1 cm³/mol. The number of hydrogen-bond donors (Lipinski definition) is 1. The van der Waals surface area contributed by atoms with Crippen LogP contribution in [0.5, 0.6) is 17.2 Å². The van der Waals surface area contributed by atoms with Crippen LogP contribution < -0.4 is 15.2 Å². The zero-order chi connectivity index (χ0) is 16.1. The van der Waals surface area contributed by atoms with E-state index in [4.69, 9.17) is 15.2 Å². The maximum absolute atomic E-state index is 5.82. The minimum atomic E-state index is 0.631. The molecular formula is C19H16BNO2. The summed E-state index contributed by atoms with van der Waals surface area (Å²) in [7, 11) is 2.05. The van der Waals surface area contributed by atoms with Gasteiger partial charge in [0.15, 0.2) is 5.76 Å². The Morgan fingerprint density at radius 1 is 0.913 bits per heavy atom. The Balaban J connectivity index is 1.74. The molecule has 112 valence electrons. The molecule has 0 saturated heterocycles. The highest BCUT2D eigenvalue weighted by Crippen LogP contribution is 2.26. The van der Waals surface area contributed by atoms with Gasteiger partial charge in [-0.1, -0.05) is 23.5 Å². The molecule has 0 atom stereocenters. The van der Waals surface area contributed by atoms with Gasteiger partial charge in [0.05, 0.1) is 0 Å². The fourth-order valence-electron chi connectivity index (χ4n) is 2.05. The summed E-state index contributed by atoms with van der Waals surface area (Å²) in [5.41, 5.74) is 7.60. The lowest BCUT2D eigenvalue weighted by Gasteiger charge is -2.09. The van der Waals surface area contributed by atoms with Gasteiger partial charge in [-0.05, 0) is 48.4 Å². The minimum absolute atomic E-state index is 0.631. The van der Waals surface area contributed by atoms with E-state index < -0.39 is 0 Å². The molecule has 3 rings (SSSR count). The van der Waals surface area contributed by atoms with Crippen LogP contribution in [-0.2, 0) is 0 Å². The van der Waals surface area contributed by atoms with E-state index in [1.165, 1.54) is 5.47 Å². The van der Waals surface area contributed by atoms with Gasteiger partial charge < -0.3 is 15.2 Å². The highest BCUT2D eigenvalue weighted by molar-refractivity contribution is 6.22. The molecule has 0 bridgehead atoms. The van der Waals surface area contributed by atoms with Crippen molar-refractivity contribution in [3.8, 4) is 29.1 Å². The highest BCUT2D eigenvalue weighted by Gasteiger charge is 2.03. The van der Waals surface area contributed by atoms with Crippen molar-refractivity contribution in [1.29, 1.82) is 0 Å². The molecule has 0 aromatic heterocycles. The van der Waals surface area contributed by atoms with Gasteiger partial charge in [0.25, 0.3) is 0 Å². The number of allylic oxidation sites excluding steroid dienone is 4. The first-order valence-electron chi connectivity index (χ1n) is 7.37. The Hall–Kier alpha value is -3.06. The molecule has 1 aliphatic rings. The molecule has 0 heterocycles. The molecule has 1 aliphatic carbocycles. The fourth-order valence-corrected chi connectivity index (χ4v) is 2.05. The number of nitrogen functional groups attached to an aromatic ring is 1. The number of anilines is 1. The first-order valence-corrected chi connectivity index (χ1v) is 7.37. The second-order valence-electron chi connectivity index (χ2n) is 5.27. The van der Waals surface area contributed by atoms with Gasteiger partial charge in [-0.25, -0.2) is 0 Å². The first kappa shape index (κ1) is 14.9. The number of hydrogen-bond acceptors (Lipinski definition) is 3. The maximum atomic E-state index is 5.82. The third-order valence-corrected chi connectivity index (χ3v) is 3.25. The summed E-state index contributed by atoms with van der Waals surface area (Å²) in [5.74, 6) is 8.83. The Morgan fingerprint density at radius 3 is 2.43 bits per heavy atom. The average Bonchev–Trinajstić information content (AvgIpc) is 2.75. The maximum Gasteiger partial charge on any atom is 0.177 e. The van der Waals surface area contributed by atoms with Crippen molar-refractivity contribution in [2.45, 2.75) is 6.42 Å². The summed E-state index contributed by atoms with van der Waals surface area (Å²) in [6.07, 6.45) is 4.67. The quantitative estimate of drug-likeness (QED) is 0.535.